The molecule has 130 valence electrons. The third kappa shape index (κ3) is 3.76. The van der Waals surface area contributed by atoms with Gasteiger partial charge in [-0.3, -0.25) is 9.36 Å². The standard InChI is InChI=1S/C18H19N3O3S/c1-12-7-4-5-9-15(12)16-19-20-18(25-13(2)17(22)23-3)21(16)11-14-8-6-10-24-14/h4-10,13H,11H2,1-3H3. The van der Waals surface area contributed by atoms with Crippen molar-refractivity contribution in [3.63, 3.8) is 0 Å². The number of benzene rings is 1. The molecule has 0 saturated carbocycles. The summed E-state index contributed by atoms with van der Waals surface area (Å²) >= 11 is 1.32. The monoisotopic (exact) mass is 357 g/mol. The zero-order valence-electron chi connectivity index (χ0n) is 14.3. The van der Waals surface area contributed by atoms with Crippen LogP contribution < -0.4 is 0 Å². The molecule has 0 saturated heterocycles. The number of methoxy groups -OCH3 is 1. The van der Waals surface area contributed by atoms with Gasteiger partial charge in [-0.2, -0.15) is 0 Å². The van der Waals surface area contributed by atoms with Gasteiger partial charge in [0.2, 0.25) is 0 Å². The van der Waals surface area contributed by atoms with Crippen LogP contribution in [-0.4, -0.2) is 33.1 Å². The van der Waals surface area contributed by atoms with Crippen LogP contribution in [0.1, 0.15) is 18.2 Å². The predicted molar refractivity (Wildman–Crippen MR) is 95.3 cm³/mol. The number of furan rings is 1. The van der Waals surface area contributed by atoms with Crippen molar-refractivity contribution >= 4 is 17.7 Å². The number of hydrogen-bond donors (Lipinski definition) is 0. The van der Waals surface area contributed by atoms with Gasteiger partial charge in [-0.1, -0.05) is 36.0 Å². The Hall–Kier alpha value is -2.54. The highest BCUT2D eigenvalue weighted by Gasteiger charge is 2.22. The summed E-state index contributed by atoms with van der Waals surface area (Å²) in [5.74, 6) is 1.24. The number of hydrogen-bond acceptors (Lipinski definition) is 6. The van der Waals surface area contributed by atoms with Gasteiger partial charge in [-0.05, 0) is 31.5 Å². The molecule has 0 amide bonds. The van der Waals surface area contributed by atoms with Crippen molar-refractivity contribution in [1.82, 2.24) is 14.8 Å². The van der Waals surface area contributed by atoms with Crippen LogP contribution in [-0.2, 0) is 16.1 Å². The van der Waals surface area contributed by atoms with Gasteiger partial charge in [-0.15, -0.1) is 10.2 Å². The van der Waals surface area contributed by atoms with Gasteiger partial charge in [0.05, 0.1) is 19.9 Å². The Kier molecular flexibility index (Phi) is 5.23. The first-order chi connectivity index (χ1) is 12.1. The Morgan fingerprint density at radius 1 is 1.28 bits per heavy atom. The van der Waals surface area contributed by atoms with E-state index in [1.54, 1.807) is 13.2 Å². The molecule has 0 bridgehead atoms. The summed E-state index contributed by atoms with van der Waals surface area (Å²) < 4.78 is 12.2. The van der Waals surface area contributed by atoms with Gasteiger partial charge in [0.1, 0.15) is 11.0 Å². The minimum atomic E-state index is -0.380. The number of carbonyl (C=O) groups is 1. The fourth-order valence-corrected chi connectivity index (χ4v) is 3.35. The fraction of sp³-hybridized carbons (Fsp3) is 0.278. The molecule has 0 fully saturated rings. The van der Waals surface area contributed by atoms with Crippen molar-refractivity contribution in [2.45, 2.75) is 30.8 Å². The molecule has 0 radical (unpaired) electrons. The van der Waals surface area contributed by atoms with E-state index in [0.29, 0.717) is 11.7 Å². The Morgan fingerprint density at radius 2 is 2.08 bits per heavy atom. The lowest BCUT2D eigenvalue weighted by atomic mass is 10.1. The molecule has 1 unspecified atom stereocenters. The van der Waals surface area contributed by atoms with E-state index in [2.05, 4.69) is 10.2 Å². The van der Waals surface area contributed by atoms with Crippen molar-refractivity contribution in [3.05, 3.63) is 54.0 Å². The molecule has 6 nitrogen and oxygen atoms in total. The number of rotatable bonds is 6. The van der Waals surface area contributed by atoms with Gasteiger partial charge >= 0.3 is 5.97 Å². The summed E-state index contributed by atoms with van der Waals surface area (Å²) in [7, 11) is 1.38. The van der Waals surface area contributed by atoms with Crippen molar-refractivity contribution in [2.24, 2.45) is 0 Å². The highest BCUT2D eigenvalue weighted by atomic mass is 32.2. The molecular weight excluding hydrogens is 338 g/mol. The van der Waals surface area contributed by atoms with Crippen LogP contribution in [0.5, 0.6) is 0 Å². The van der Waals surface area contributed by atoms with E-state index in [1.807, 2.05) is 47.9 Å². The zero-order chi connectivity index (χ0) is 17.8. The van der Waals surface area contributed by atoms with Crippen LogP contribution >= 0.6 is 11.8 Å². The van der Waals surface area contributed by atoms with Gasteiger partial charge in [-0.25, -0.2) is 0 Å². The number of aryl methyl sites for hydroxylation is 1. The third-order valence-electron chi connectivity index (χ3n) is 3.81. The van der Waals surface area contributed by atoms with E-state index in [1.165, 1.54) is 18.9 Å². The van der Waals surface area contributed by atoms with E-state index in [9.17, 15) is 4.79 Å². The van der Waals surface area contributed by atoms with Crippen LogP contribution in [0.2, 0.25) is 0 Å². The number of nitrogens with zero attached hydrogens (tertiary/aromatic N) is 3. The van der Waals surface area contributed by atoms with E-state index in [-0.39, 0.29) is 11.2 Å². The molecule has 0 aliphatic rings. The van der Waals surface area contributed by atoms with E-state index >= 15 is 0 Å². The number of ether oxygens (including phenoxy) is 1. The first kappa shape index (κ1) is 17.3. The van der Waals surface area contributed by atoms with Crippen molar-refractivity contribution < 1.29 is 13.9 Å². The minimum Gasteiger partial charge on any atom is -0.468 e. The Balaban J connectivity index is 2.01. The van der Waals surface area contributed by atoms with Gasteiger partial charge in [0.25, 0.3) is 0 Å². The minimum absolute atomic E-state index is 0.296. The number of esters is 1. The third-order valence-corrected chi connectivity index (χ3v) is 4.87. The zero-order valence-corrected chi connectivity index (χ0v) is 15.1. The quantitative estimate of drug-likeness (QED) is 0.496. The van der Waals surface area contributed by atoms with E-state index in [0.717, 1.165) is 22.7 Å². The maximum atomic E-state index is 11.8. The molecule has 7 heteroatoms. The van der Waals surface area contributed by atoms with Gasteiger partial charge in [0.15, 0.2) is 11.0 Å². The first-order valence-electron chi connectivity index (χ1n) is 7.86. The van der Waals surface area contributed by atoms with Crippen LogP contribution in [0.4, 0.5) is 0 Å². The average Bonchev–Trinajstić information content (AvgIpc) is 3.26. The van der Waals surface area contributed by atoms with E-state index in [4.69, 9.17) is 9.15 Å². The molecule has 1 atom stereocenters. The lowest BCUT2D eigenvalue weighted by Crippen LogP contribution is -2.16. The van der Waals surface area contributed by atoms with Gasteiger partial charge < -0.3 is 9.15 Å². The highest BCUT2D eigenvalue weighted by Crippen LogP contribution is 2.29. The van der Waals surface area contributed by atoms with E-state index < -0.39 is 0 Å². The lowest BCUT2D eigenvalue weighted by molar-refractivity contribution is -0.139. The molecule has 0 aliphatic heterocycles. The summed E-state index contributed by atoms with van der Waals surface area (Å²) in [4.78, 5) is 11.8. The molecule has 1 aromatic carbocycles. The second kappa shape index (κ2) is 7.57. The molecule has 25 heavy (non-hydrogen) atoms. The van der Waals surface area contributed by atoms with Crippen molar-refractivity contribution in [3.8, 4) is 11.4 Å². The smallest absolute Gasteiger partial charge is 0.318 e. The summed E-state index contributed by atoms with van der Waals surface area (Å²) in [6, 6.07) is 11.7. The molecule has 0 spiro atoms. The fourth-order valence-electron chi connectivity index (χ4n) is 2.47. The number of carbonyl (C=O) groups excluding carboxylic acids is 1. The van der Waals surface area contributed by atoms with Crippen LogP contribution in [0.25, 0.3) is 11.4 Å². The summed E-state index contributed by atoms with van der Waals surface area (Å²) in [6.07, 6.45) is 1.64. The average molecular weight is 357 g/mol. The maximum absolute atomic E-state index is 11.8. The van der Waals surface area contributed by atoms with Crippen molar-refractivity contribution in [2.75, 3.05) is 7.11 Å². The second-order valence-corrected chi connectivity index (χ2v) is 6.88. The molecule has 2 aromatic heterocycles. The topological polar surface area (TPSA) is 70.2 Å². The Labute approximate surface area is 150 Å². The largest absolute Gasteiger partial charge is 0.468 e. The van der Waals surface area contributed by atoms with Crippen LogP contribution in [0.3, 0.4) is 0 Å². The lowest BCUT2D eigenvalue weighted by Gasteiger charge is -2.12. The van der Waals surface area contributed by atoms with Gasteiger partial charge in [0, 0.05) is 5.56 Å². The number of thioether (sulfide) groups is 1. The molecule has 0 aliphatic carbocycles. The molecule has 0 N–H and O–H groups in total. The normalized spacial score (nSPS) is 12.1. The maximum Gasteiger partial charge on any atom is 0.318 e. The summed E-state index contributed by atoms with van der Waals surface area (Å²) in [5.41, 5.74) is 2.10. The predicted octanol–water partition coefficient (Wildman–Crippen LogP) is 3.55. The molecule has 3 rings (SSSR count). The molecule has 2 heterocycles. The summed E-state index contributed by atoms with van der Waals surface area (Å²) in [5, 5.41) is 8.93. The SMILES string of the molecule is COC(=O)C(C)Sc1nnc(-c2ccccc2C)n1Cc1ccco1. The van der Waals surface area contributed by atoms with Crippen molar-refractivity contribution in [1.29, 1.82) is 0 Å². The van der Waals surface area contributed by atoms with Crippen LogP contribution in [0, 0.1) is 6.92 Å². The Bertz CT molecular complexity index is 858. The summed E-state index contributed by atoms with van der Waals surface area (Å²) in [6.45, 7) is 4.31. The molecular formula is C18H19N3O3S. The first-order valence-corrected chi connectivity index (χ1v) is 8.74. The second-order valence-electron chi connectivity index (χ2n) is 5.57. The van der Waals surface area contributed by atoms with Crippen LogP contribution in [0.15, 0.2) is 52.2 Å². The highest BCUT2D eigenvalue weighted by molar-refractivity contribution is 8.00. The molecule has 3 aromatic rings. The Morgan fingerprint density at radius 3 is 2.76 bits per heavy atom. The number of aromatic nitrogens is 3.